The number of amides is 3. The van der Waals surface area contributed by atoms with Crippen LogP contribution in [-0.2, 0) is 14.3 Å². The molecule has 0 bridgehead atoms. The van der Waals surface area contributed by atoms with Gasteiger partial charge < -0.3 is 14.8 Å². The van der Waals surface area contributed by atoms with E-state index in [2.05, 4.69) is 10.6 Å². The van der Waals surface area contributed by atoms with Gasteiger partial charge in [0.25, 0.3) is 5.91 Å². The number of hydrogen-bond donors (Lipinski definition) is 2. The Balaban J connectivity index is 1.59. The summed E-state index contributed by atoms with van der Waals surface area (Å²) >= 11 is 1.61. The zero-order chi connectivity index (χ0) is 16.1. The Bertz CT molecular complexity index is 681. The predicted octanol–water partition coefficient (Wildman–Crippen LogP) is 2.48. The van der Waals surface area contributed by atoms with E-state index in [1.165, 1.54) is 0 Å². The molecular formula is C16H16N2O4S. The quantitative estimate of drug-likeness (QED) is 0.905. The molecule has 1 saturated heterocycles. The molecule has 1 unspecified atom stereocenters. The second-order valence-corrected chi connectivity index (χ2v) is 5.75. The maximum Gasteiger partial charge on any atom is 0.325 e. The summed E-state index contributed by atoms with van der Waals surface area (Å²) in [5.41, 5.74) is 2.70. The molecule has 1 aromatic carbocycles. The maximum atomic E-state index is 11.9. The lowest BCUT2D eigenvalue weighted by atomic mass is 10.1. The largest absolute Gasteiger partial charge is 0.376 e. The maximum absolute atomic E-state index is 11.9. The molecule has 7 heteroatoms. The van der Waals surface area contributed by atoms with Crippen molar-refractivity contribution in [3.05, 3.63) is 41.1 Å². The molecule has 2 aromatic rings. The van der Waals surface area contributed by atoms with Crippen molar-refractivity contribution in [2.75, 3.05) is 25.1 Å². The van der Waals surface area contributed by atoms with Gasteiger partial charge in [-0.1, -0.05) is 12.1 Å². The highest BCUT2D eigenvalue weighted by Crippen LogP contribution is 2.24. The first-order valence-corrected chi connectivity index (χ1v) is 8.10. The van der Waals surface area contributed by atoms with Crippen LogP contribution in [0.3, 0.4) is 0 Å². The molecule has 6 nitrogen and oxygen atoms in total. The summed E-state index contributed by atoms with van der Waals surface area (Å²) in [5, 5.41) is 8.93. The second kappa shape index (κ2) is 7.36. The van der Waals surface area contributed by atoms with Gasteiger partial charge in [-0.25, -0.2) is 4.79 Å². The van der Waals surface area contributed by atoms with E-state index in [0.29, 0.717) is 18.9 Å². The third kappa shape index (κ3) is 4.16. The molecule has 0 aliphatic carbocycles. The third-order valence-electron chi connectivity index (χ3n) is 3.32. The van der Waals surface area contributed by atoms with Gasteiger partial charge in [-0.15, -0.1) is 0 Å². The first-order chi connectivity index (χ1) is 11.2. The van der Waals surface area contributed by atoms with Crippen molar-refractivity contribution in [2.45, 2.75) is 6.10 Å². The molecule has 0 saturated carbocycles. The zero-order valence-electron chi connectivity index (χ0n) is 12.3. The molecule has 3 rings (SSSR count). The lowest BCUT2D eigenvalue weighted by Gasteiger charge is -2.21. The minimum atomic E-state index is -0.744. The molecule has 2 heterocycles. The standard InChI is InChI=1S/C16H16N2O4S/c19-15(14-9-21-5-6-22-14)18-16(20)17-13-3-1-2-11(8-13)12-4-7-23-10-12/h1-4,7-8,10,14H,5-6,9H2,(H2,17,18,19,20). The number of carbonyl (C=O) groups excluding carboxylic acids is 2. The average Bonchev–Trinajstić information content (AvgIpc) is 3.10. The average molecular weight is 332 g/mol. The summed E-state index contributed by atoms with van der Waals surface area (Å²) in [4.78, 5) is 23.8. The number of hydrogen-bond acceptors (Lipinski definition) is 5. The van der Waals surface area contributed by atoms with Gasteiger partial charge in [-0.2, -0.15) is 11.3 Å². The number of rotatable bonds is 3. The van der Waals surface area contributed by atoms with Crippen LogP contribution in [0.4, 0.5) is 10.5 Å². The van der Waals surface area contributed by atoms with Gasteiger partial charge in [-0.3, -0.25) is 10.1 Å². The smallest absolute Gasteiger partial charge is 0.325 e. The van der Waals surface area contributed by atoms with Gasteiger partial charge in [0.2, 0.25) is 0 Å². The summed E-state index contributed by atoms with van der Waals surface area (Å²) in [6.07, 6.45) is -0.744. The van der Waals surface area contributed by atoms with E-state index in [-0.39, 0.29) is 6.61 Å². The highest BCUT2D eigenvalue weighted by molar-refractivity contribution is 7.08. The topological polar surface area (TPSA) is 76.7 Å². The van der Waals surface area contributed by atoms with Crippen LogP contribution >= 0.6 is 11.3 Å². The number of benzene rings is 1. The van der Waals surface area contributed by atoms with Gasteiger partial charge >= 0.3 is 6.03 Å². The fraction of sp³-hybridized carbons (Fsp3) is 0.250. The molecule has 3 amide bonds. The van der Waals surface area contributed by atoms with Crippen molar-refractivity contribution < 1.29 is 19.1 Å². The molecule has 120 valence electrons. The second-order valence-electron chi connectivity index (χ2n) is 4.97. The van der Waals surface area contributed by atoms with Crippen molar-refractivity contribution in [2.24, 2.45) is 0 Å². The Morgan fingerprint density at radius 3 is 2.83 bits per heavy atom. The molecule has 1 aliphatic rings. The SMILES string of the molecule is O=C(NC(=O)C1COCCO1)Nc1cccc(-c2ccsc2)c1. The van der Waals surface area contributed by atoms with Crippen molar-refractivity contribution in [3.8, 4) is 11.1 Å². The molecule has 1 atom stereocenters. The van der Waals surface area contributed by atoms with Crippen molar-refractivity contribution >= 4 is 29.0 Å². The number of imide groups is 1. The molecule has 23 heavy (non-hydrogen) atoms. The Kier molecular flexibility index (Phi) is 5.02. The van der Waals surface area contributed by atoms with Crippen LogP contribution in [-0.4, -0.2) is 37.9 Å². The van der Waals surface area contributed by atoms with Gasteiger partial charge in [0, 0.05) is 5.69 Å². The molecule has 0 radical (unpaired) electrons. The summed E-state index contributed by atoms with van der Waals surface area (Å²) in [7, 11) is 0. The minimum Gasteiger partial charge on any atom is -0.376 e. The summed E-state index contributed by atoms with van der Waals surface area (Å²) < 4.78 is 10.4. The Labute approximate surface area is 137 Å². The Morgan fingerprint density at radius 2 is 2.09 bits per heavy atom. The minimum absolute atomic E-state index is 0.159. The lowest BCUT2D eigenvalue weighted by molar-refractivity contribution is -0.146. The van der Waals surface area contributed by atoms with Crippen LogP contribution in [0.2, 0.25) is 0 Å². The van der Waals surface area contributed by atoms with E-state index in [9.17, 15) is 9.59 Å². The van der Waals surface area contributed by atoms with Crippen molar-refractivity contribution in [1.29, 1.82) is 0 Å². The summed E-state index contributed by atoms with van der Waals surface area (Å²) in [6, 6.07) is 8.85. The molecule has 1 aromatic heterocycles. The number of anilines is 1. The fourth-order valence-corrected chi connectivity index (χ4v) is 2.86. The molecular weight excluding hydrogens is 316 g/mol. The lowest BCUT2D eigenvalue weighted by Crippen LogP contribution is -2.46. The van der Waals surface area contributed by atoms with Crippen LogP contribution in [0.15, 0.2) is 41.1 Å². The van der Waals surface area contributed by atoms with E-state index in [4.69, 9.17) is 9.47 Å². The Morgan fingerprint density at radius 1 is 1.17 bits per heavy atom. The third-order valence-corrected chi connectivity index (χ3v) is 4.00. The van der Waals surface area contributed by atoms with Gasteiger partial charge in [0.15, 0.2) is 6.10 Å². The van der Waals surface area contributed by atoms with Crippen LogP contribution in [0.5, 0.6) is 0 Å². The van der Waals surface area contributed by atoms with Gasteiger partial charge in [-0.05, 0) is 40.1 Å². The van der Waals surface area contributed by atoms with E-state index >= 15 is 0 Å². The van der Waals surface area contributed by atoms with Crippen LogP contribution in [0.25, 0.3) is 11.1 Å². The normalized spacial score (nSPS) is 17.5. The monoisotopic (exact) mass is 332 g/mol. The number of carbonyl (C=O) groups is 2. The van der Waals surface area contributed by atoms with Crippen LogP contribution < -0.4 is 10.6 Å². The van der Waals surface area contributed by atoms with E-state index in [1.807, 2.05) is 35.0 Å². The van der Waals surface area contributed by atoms with Crippen molar-refractivity contribution in [3.63, 3.8) is 0 Å². The number of thiophene rings is 1. The van der Waals surface area contributed by atoms with E-state index in [1.54, 1.807) is 17.4 Å². The molecule has 1 fully saturated rings. The first kappa shape index (κ1) is 15.7. The molecule has 0 spiro atoms. The molecule has 1 aliphatic heterocycles. The highest BCUT2D eigenvalue weighted by atomic mass is 32.1. The van der Waals surface area contributed by atoms with Gasteiger partial charge in [0.05, 0.1) is 19.8 Å². The fourth-order valence-electron chi connectivity index (χ4n) is 2.20. The van der Waals surface area contributed by atoms with Crippen molar-refractivity contribution in [1.82, 2.24) is 5.32 Å². The summed E-state index contributed by atoms with van der Waals surface area (Å²) in [6.45, 7) is 0.973. The van der Waals surface area contributed by atoms with E-state index < -0.39 is 18.0 Å². The van der Waals surface area contributed by atoms with Crippen LogP contribution in [0.1, 0.15) is 0 Å². The summed E-state index contributed by atoms with van der Waals surface area (Å²) in [5.74, 6) is -0.504. The zero-order valence-corrected chi connectivity index (χ0v) is 13.1. The number of urea groups is 1. The highest BCUT2D eigenvalue weighted by Gasteiger charge is 2.24. The van der Waals surface area contributed by atoms with E-state index in [0.717, 1.165) is 11.1 Å². The van der Waals surface area contributed by atoms with Gasteiger partial charge in [0.1, 0.15) is 0 Å². The Hall–Kier alpha value is -2.22. The number of ether oxygens (including phenoxy) is 2. The van der Waals surface area contributed by atoms with Crippen LogP contribution in [0, 0.1) is 0 Å². The molecule has 2 N–H and O–H groups in total. The predicted molar refractivity (Wildman–Crippen MR) is 87.5 cm³/mol. The number of nitrogens with one attached hydrogen (secondary N) is 2. The first-order valence-electron chi connectivity index (χ1n) is 7.16.